The molecule has 0 N–H and O–H groups in total. The third-order valence-electron chi connectivity index (χ3n) is 4.44. The van der Waals surface area contributed by atoms with E-state index in [9.17, 15) is 4.79 Å². The number of esters is 1. The first-order chi connectivity index (χ1) is 13.7. The fourth-order valence-corrected chi connectivity index (χ4v) is 3.04. The Morgan fingerprint density at radius 3 is 2.61 bits per heavy atom. The lowest BCUT2D eigenvalue weighted by molar-refractivity contribution is 0.0596. The predicted octanol–water partition coefficient (Wildman–Crippen LogP) is 2.88. The Labute approximate surface area is 160 Å². The van der Waals surface area contributed by atoms with Crippen molar-refractivity contribution in [3.63, 3.8) is 0 Å². The van der Waals surface area contributed by atoms with Crippen LogP contribution in [0, 0.1) is 6.92 Å². The summed E-state index contributed by atoms with van der Waals surface area (Å²) in [6.07, 6.45) is 1.51. The lowest BCUT2D eigenvalue weighted by atomic mass is 10.0. The Kier molecular flexibility index (Phi) is 4.67. The molecule has 8 heteroatoms. The molecular weight excluding hydrogens is 358 g/mol. The first kappa shape index (κ1) is 17.6. The van der Waals surface area contributed by atoms with E-state index in [2.05, 4.69) is 20.5 Å². The van der Waals surface area contributed by atoms with Gasteiger partial charge in [-0.1, -0.05) is 18.2 Å². The average Bonchev–Trinajstić information content (AvgIpc) is 3.27. The first-order valence-corrected chi connectivity index (χ1v) is 8.60. The minimum Gasteiger partial charge on any atom is -0.487 e. The number of nitrogens with zero attached hydrogens (tertiary/aromatic N) is 5. The van der Waals surface area contributed by atoms with Crippen LogP contribution in [0.2, 0.25) is 0 Å². The number of aromatic nitrogens is 5. The smallest absolute Gasteiger partial charge is 0.340 e. The zero-order valence-electron chi connectivity index (χ0n) is 15.4. The van der Waals surface area contributed by atoms with Gasteiger partial charge < -0.3 is 9.47 Å². The maximum atomic E-state index is 12.3. The normalized spacial score (nSPS) is 10.8. The lowest BCUT2D eigenvalue weighted by Gasteiger charge is -2.14. The number of hydrogen-bond donors (Lipinski definition) is 0. The van der Waals surface area contributed by atoms with E-state index in [0.717, 1.165) is 22.2 Å². The Balaban J connectivity index is 1.63. The minimum absolute atomic E-state index is 0.139. The van der Waals surface area contributed by atoms with Crippen LogP contribution in [0.3, 0.4) is 0 Å². The third kappa shape index (κ3) is 3.27. The maximum Gasteiger partial charge on any atom is 0.340 e. The molecule has 140 valence electrons. The first-order valence-electron chi connectivity index (χ1n) is 8.60. The van der Waals surface area contributed by atoms with Gasteiger partial charge in [-0.05, 0) is 53.2 Å². The molecule has 4 aromatic rings. The van der Waals surface area contributed by atoms with Crippen LogP contribution in [0.15, 0.2) is 54.9 Å². The summed E-state index contributed by atoms with van der Waals surface area (Å²) in [7, 11) is 1.36. The predicted molar refractivity (Wildman–Crippen MR) is 101 cm³/mol. The van der Waals surface area contributed by atoms with Gasteiger partial charge in [0, 0.05) is 5.39 Å². The van der Waals surface area contributed by atoms with Crippen molar-refractivity contribution in [3.8, 4) is 11.4 Å². The largest absolute Gasteiger partial charge is 0.487 e. The van der Waals surface area contributed by atoms with Crippen molar-refractivity contribution in [1.29, 1.82) is 0 Å². The van der Waals surface area contributed by atoms with Crippen LogP contribution in [-0.2, 0) is 11.3 Å². The van der Waals surface area contributed by atoms with Gasteiger partial charge >= 0.3 is 5.97 Å². The number of benzene rings is 2. The van der Waals surface area contributed by atoms with E-state index in [1.807, 2.05) is 55.5 Å². The number of aryl methyl sites for hydroxylation is 1. The Bertz CT molecular complexity index is 1120. The van der Waals surface area contributed by atoms with Crippen molar-refractivity contribution >= 4 is 16.9 Å². The van der Waals surface area contributed by atoms with Gasteiger partial charge in [-0.15, -0.1) is 5.10 Å². The molecule has 2 aromatic heterocycles. The molecule has 28 heavy (non-hydrogen) atoms. The number of carbonyl (C=O) groups is 1. The number of hydrogen-bond acceptors (Lipinski definition) is 7. The van der Waals surface area contributed by atoms with E-state index in [1.165, 1.54) is 13.4 Å². The molecule has 0 saturated heterocycles. The molecule has 0 unspecified atom stereocenters. The molecule has 0 aliphatic carbocycles. The van der Waals surface area contributed by atoms with Crippen LogP contribution in [0.1, 0.15) is 21.6 Å². The van der Waals surface area contributed by atoms with Crippen molar-refractivity contribution < 1.29 is 14.3 Å². The van der Waals surface area contributed by atoms with Gasteiger partial charge in [0.25, 0.3) is 0 Å². The molecule has 2 heterocycles. The third-order valence-corrected chi connectivity index (χ3v) is 4.44. The number of carbonyl (C=O) groups excluding carboxylic acids is 1. The number of tetrazole rings is 1. The molecular formula is C20H17N5O3. The topological polar surface area (TPSA) is 92.0 Å². The summed E-state index contributed by atoms with van der Waals surface area (Å²) in [6, 6.07) is 15.0. The lowest BCUT2D eigenvalue weighted by Crippen LogP contribution is -2.13. The van der Waals surface area contributed by atoms with Gasteiger partial charge in [0.1, 0.15) is 18.7 Å². The monoisotopic (exact) mass is 375 g/mol. The summed E-state index contributed by atoms with van der Waals surface area (Å²) < 4.78 is 12.4. The van der Waals surface area contributed by atoms with Crippen LogP contribution in [0.4, 0.5) is 0 Å². The van der Waals surface area contributed by atoms with Gasteiger partial charge in [-0.3, -0.25) is 0 Å². The van der Waals surface area contributed by atoms with Crippen molar-refractivity contribution in [3.05, 3.63) is 71.7 Å². The summed E-state index contributed by atoms with van der Waals surface area (Å²) in [5, 5.41) is 12.0. The molecule has 2 aromatic carbocycles. The second-order valence-corrected chi connectivity index (χ2v) is 6.10. The highest BCUT2D eigenvalue weighted by Gasteiger charge is 2.19. The Morgan fingerprint density at radius 1 is 1.11 bits per heavy atom. The highest BCUT2D eigenvalue weighted by Crippen LogP contribution is 2.25. The molecule has 0 aliphatic heterocycles. The van der Waals surface area contributed by atoms with E-state index in [1.54, 1.807) is 4.68 Å². The van der Waals surface area contributed by atoms with Gasteiger partial charge in [0.05, 0.1) is 29.6 Å². The van der Waals surface area contributed by atoms with E-state index in [4.69, 9.17) is 9.47 Å². The molecule has 0 bridgehead atoms. The molecule has 0 amide bonds. The molecule has 0 radical (unpaired) electrons. The summed E-state index contributed by atoms with van der Waals surface area (Å²) in [6.45, 7) is 2.03. The van der Waals surface area contributed by atoms with Crippen LogP contribution >= 0.6 is 0 Å². The summed E-state index contributed by atoms with van der Waals surface area (Å²) in [4.78, 5) is 17.0. The zero-order chi connectivity index (χ0) is 19.5. The fourth-order valence-electron chi connectivity index (χ4n) is 3.04. The molecule has 0 fully saturated rings. The number of fused-ring (bicyclic) bond motifs is 1. The van der Waals surface area contributed by atoms with Crippen molar-refractivity contribution in [2.24, 2.45) is 0 Å². The highest BCUT2D eigenvalue weighted by molar-refractivity contribution is 5.98. The van der Waals surface area contributed by atoms with Crippen LogP contribution in [0.5, 0.6) is 5.75 Å². The van der Waals surface area contributed by atoms with E-state index < -0.39 is 5.97 Å². The van der Waals surface area contributed by atoms with Crippen LogP contribution < -0.4 is 4.74 Å². The fraction of sp³-hybridized carbons (Fsp3) is 0.150. The Morgan fingerprint density at radius 2 is 1.89 bits per heavy atom. The summed E-state index contributed by atoms with van der Waals surface area (Å²) in [5.41, 5.74) is 3.41. The number of rotatable bonds is 5. The zero-order valence-corrected chi connectivity index (χ0v) is 15.4. The summed E-state index contributed by atoms with van der Waals surface area (Å²) >= 11 is 0. The molecule has 4 rings (SSSR count). The van der Waals surface area contributed by atoms with Crippen molar-refractivity contribution in [2.45, 2.75) is 13.5 Å². The Hall–Kier alpha value is -3.81. The standard InChI is InChI=1S/C20H17N5O3/c1-13-16-5-3-4-6-17(16)22-18(19(13)20(26)27-2)11-28-15-9-7-14(8-10-15)25-12-21-23-24-25/h3-10,12H,11H2,1-2H3. The number of ether oxygens (including phenoxy) is 2. The molecule has 0 saturated carbocycles. The second-order valence-electron chi connectivity index (χ2n) is 6.10. The van der Waals surface area contributed by atoms with Gasteiger partial charge in [-0.2, -0.15) is 0 Å². The molecule has 0 atom stereocenters. The van der Waals surface area contributed by atoms with Gasteiger partial charge in [0.15, 0.2) is 0 Å². The quantitative estimate of drug-likeness (QED) is 0.495. The van der Waals surface area contributed by atoms with Crippen LogP contribution in [0.25, 0.3) is 16.6 Å². The van der Waals surface area contributed by atoms with E-state index >= 15 is 0 Å². The molecule has 0 spiro atoms. The van der Waals surface area contributed by atoms with Gasteiger partial charge in [-0.25, -0.2) is 14.5 Å². The molecule has 0 aliphatic rings. The summed E-state index contributed by atoms with van der Waals surface area (Å²) in [5.74, 6) is 0.212. The van der Waals surface area contributed by atoms with Gasteiger partial charge in [0.2, 0.25) is 0 Å². The number of pyridine rings is 1. The minimum atomic E-state index is -0.427. The van der Waals surface area contributed by atoms with E-state index in [0.29, 0.717) is 17.0 Å². The number of para-hydroxylation sites is 1. The van der Waals surface area contributed by atoms with Crippen molar-refractivity contribution in [1.82, 2.24) is 25.2 Å². The SMILES string of the molecule is COC(=O)c1c(COc2ccc(-n3cnnn3)cc2)nc2ccccc2c1C. The highest BCUT2D eigenvalue weighted by atomic mass is 16.5. The van der Waals surface area contributed by atoms with Crippen molar-refractivity contribution in [2.75, 3.05) is 7.11 Å². The second kappa shape index (κ2) is 7.43. The molecule has 8 nitrogen and oxygen atoms in total. The van der Waals surface area contributed by atoms with Crippen LogP contribution in [-0.4, -0.2) is 38.3 Å². The van der Waals surface area contributed by atoms with E-state index in [-0.39, 0.29) is 6.61 Å². The average molecular weight is 375 g/mol. The number of methoxy groups -OCH3 is 1. The maximum absolute atomic E-state index is 12.3.